The fourth-order valence-electron chi connectivity index (χ4n) is 3.67. The smallest absolute Gasteiger partial charge is 0.345 e. The number of nitrogens with zero attached hydrogens (tertiary/aromatic N) is 1. The third-order valence-electron chi connectivity index (χ3n) is 5.15. The van der Waals surface area contributed by atoms with E-state index in [-0.39, 0.29) is 11.9 Å². The maximum Gasteiger partial charge on any atom is 0.345 e. The Hall–Kier alpha value is -2.44. The first-order valence-corrected chi connectivity index (χ1v) is 10.9. The van der Waals surface area contributed by atoms with Gasteiger partial charge in [0.15, 0.2) is 0 Å². The molecule has 29 heavy (non-hydrogen) atoms. The number of aromatic carboxylic acids is 1. The number of piperidine rings is 1. The van der Waals surface area contributed by atoms with Gasteiger partial charge in [0, 0.05) is 24.3 Å². The molecule has 2 N–H and O–H groups in total. The molecule has 2 unspecified atom stereocenters. The number of amides is 1. The monoisotopic (exact) mass is 413 g/mol. The fourth-order valence-corrected chi connectivity index (χ4v) is 4.56. The van der Waals surface area contributed by atoms with Crippen molar-refractivity contribution in [1.29, 1.82) is 0 Å². The van der Waals surface area contributed by atoms with Crippen LogP contribution in [-0.2, 0) is 17.6 Å². The highest BCUT2D eigenvalue weighted by molar-refractivity contribution is 7.13. The number of hydrogen-bond acceptors (Lipinski definition) is 4. The number of aryl methyl sites for hydroxylation is 1. The van der Waals surface area contributed by atoms with Crippen molar-refractivity contribution in [2.45, 2.75) is 50.7 Å². The summed E-state index contributed by atoms with van der Waals surface area (Å²) in [5, 5.41) is 19.3. The molecule has 1 fully saturated rings. The third kappa shape index (κ3) is 6.27. The number of carbonyl (C=O) groups excluding carboxylic acids is 1. The second-order valence-corrected chi connectivity index (χ2v) is 8.53. The maximum absolute atomic E-state index is 12.4. The standard InChI is InChI=1S/C23H27NO4S/c25-19(16-17-6-2-1-3-7-17)12-11-18-8-4-10-22(26)24(18)15-5-9-20-13-14-21(29-20)23(27)28/h1-3,6-7,11-14,18-19,25H,4-5,8-10,15-16H2,(H,27,28)/b12-11+. The van der Waals surface area contributed by atoms with Gasteiger partial charge in [-0.1, -0.05) is 42.5 Å². The Bertz CT molecular complexity index is 846. The van der Waals surface area contributed by atoms with Crippen molar-refractivity contribution in [3.05, 3.63) is 69.9 Å². The molecule has 0 radical (unpaired) electrons. The lowest BCUT2D eigenvalue weighted by atomic mass is 9.99. The highest BCUT2D eigenvalue weighted by Crippen LogP contribution is 2.22. The van der Waals surface area contributed by atoms with E-state index in [0.29, 0.717) is 24.3 Å². The molecule has 0 aliphatic carbocycles. The minimum absolute atomic E-state index is 0.0135. The number of carbonyl (C=O) groups is 2. The summed E-state index contributed by atoms with van der Waals surface area (Å²) in [5.41, 5.74) is 1.08. The zero-order valence-electron chi connectivity index (χ0n) is 16.4. The Labute approximate surface area is 175 Å². The molecule has 2 atom stereocenters. The summed E-state index contributed by atoms with van der Waals surface area (Å²) >= 11 is 1.29. The van der Waals surface area contributed by atoms with Crippen molar-refractivity contribution in [1.82, 2.24) is 4.90 Å². The summed E-state index contributed by atoms with van der Waals surface area (Å²) in [6.45, 7) is 0.642. The second kappa shape index (κ2) is 10.4. The van der Waals surface area contributed by atoms with Gasteiger partial charge in [-0.2, -0.15) is 0 Å². The normalized spacial score (nSPS) is 18.3. The molecule has 1 aliphatic heterocycles. The Morgan fingerprint density at radius 1 is 1.24 bits per heavy atom. The van der Waals surface area contributed by atoms with E-state index in [2.05, 4.69) is 0 Å². The molecule has 2 heterocycles. The van der Waals surface area contributed by atoms with E-state index in [4.69, 9.17) is 5.11 Å². The SMILES string of the molecule is O=C(O)c1ccc(CCCN2C(=O)CCCC2/C=C/C(O)Cc2ccccc2)s1. The Balaban J connectivity index is 1.53. The van der Waals surface area contributed by atoms with Crippen LogP contribution in [0.3, 0.4) is 0 Å². The lowest BCUT2D eigenvalue weighted by molar-refractivity contribution is -0.135. The van der Waals surface area contributed by atoms with Crippen LogP contribution >= 0.6 is 11.3 Å². The van der Waals surface area contributed by atoms with Gasteiger partial charge in [-0.15, -0.1) is 11.3 Å². The van der Waals surface area contributed by atoms with Crippen molar-refractivity contribution in [3.8, 4) is 0 Å². The Kier molecular flexibility index (Phi) is 7.61. The van der Waals surface area contributed by atoms with E-state index >= 15 is 0 Å². The topological polar surface area (TPSA) is 77.8 Å². The highest BCUT2D eigenvalue weighted by atomic mass is 32.1. The van der Waals surface area contributed by atoms with Crippen molar-refractivity contribution >= 4 is 23.2 Å². The van der Waals surface area contributed by atoms with Crippen LogP contribution in [0.15, 0.2) is 54.6 Å². The lowest BCUT2D eigenvalue weighted by Gasteiger charge is -2.34. The third-order valence-corrected chi connectivity index (χ3v) is 6.28. The van der Waals surface area contributed by atoms with E-state index < -0.39 is 12.1 Å². The van der Waals surface area contributed by atoms with Gasteiger partial charge in [-0.05, 0) is 43.4 Å². The summed E-state index contributed by atoms with van der Waals surface area (Å²) in [5.74, 6) is -0.743. The molecule has 0 bridgehead atoms. The molecule has 5 nitrogen and oxygen atoms in total. The molecule has 2 aromatic rings. The predicted octanol–water partition coefficient (Wildman–Crippen LogP) is 3.92. The molecule has 1 amide bonds. The van der Waals surface area contributed by atoms with Gasteiger partial charge in [0.05, 0.1) is 12.1 Å². The number of rotatable bonds is 9. The molecule has 1 aliphatic rings. The number of hydrogen-bond donors (Lipinski definition) is 2. The number of aliphatic hydroxyl groups excluding tert-OH is 1. The van der Waals surface area contributed by atoms with Crippen LogP contribution in [0.2, 0.25) is 0 Å². The Morgan fingerprint density at radius 3 is 2.76 bits per heavy atom. The van der Waals surface area contributed by atoms with Gasteiger partial charge in [0.1, 0.15) is 4.88 Å². The first-order chi connectivity index (χ1) is 14.0. The van der Waals surface area contributed by atoms with Crippen molar-refractivity contribution in [2.75, 3.05) is 6.54 Å². The molecule has 0 saturated carbocycles. The van der Waals surface area contributed by atoms with Gasteiger partial charge in [0.25, 0.3) is 0 Å². The largest absolute Gasteiger partial charge is 0.477 e. The molecule has 1 saturated heterocycles. The first-order valence-electron chi connectivity index (χ1n) is 10.0. The quantitative estimate of drug-likeness (QED) is 0.611. The van der Waals surface area contributed by atoms with E-state index in [1.807, 2.05) is 53.5 Å². The molecular weight excluding hydrogens is 386 g/mol. The van der Waals surface area contributed by atoms with Crippen LogP contribution in [0, 0.1) is 0 Å². The zero-order chi connectivity index (χ0) is 20.6. The first kappa shape index (κ1) is 21.3. The summed E-state index contributed by atoms with van der Waals surface area (Å²) in [4.78, 5) is 26.7. The average Bonchev–Trinajstić information content (AvgIpc) is 3.18. The summed E-state index contributed by atoms with van der Waals surface area (Å²) in [6.07, 6.45) is 7.66. The summed E-state index contributed by atoms with van der Waals surface area (Å²) in [6, 6.07) is 13.4. The van der Waals surface area contributed by atoms with Crippen molar-refractivity contribution in [3.63, 3.8) is 0 Å². The van der Waals surface area contributed by atoms with E-state index in [0.717, 1.165) is 36.1 Å². The van der Waals surface area contributed by atoms with Crippen LogP contribution < -0.4 is 0 Å². The number of carboxylic acids is 1. The van der Waals surface area contributed by atoms with E-state index in [9.17, 15) is 14.7 Å². The van der Waals surface area contributed by atoms with Gasteiger partial charge >= 0.3 is 5.97 Å². The lowest BCUT2D eigenvalue weighted by Crippen LogP contribution is -2.43. The van der Waals surface area contributed by atoms with Gasteiger partial charge < -0.3 is 15.1 Å². The zero-order valence-corrected chi connectivity index (χ0v) is 17.2. The summed E-state index contributed by atoms with van der Waals surface area (Å²) < 4.78 is 0. The van der Waals surface area contributed by atoms with Crippen molar-refractivity contribution < 1.29 is 19.8 Å². The van der Waals surface area contributed by atoms with Gasteiger partial charge in [-0.3, -0.25) is 4.79 Å². The number of carboxylic acid groups (broad SMARTS) is 1. The van der Waals surface area contributed by atoms with Crippen LogP contribution in [-0.4, -0.2) is 45.7 Å². The fraction of sp³-hybridized carbons (Fsp3) is 0.391. The predicted molar refractivity (Wildman–Crippen MR) is 114 cm³/mol. The molecule has 1 aromatic heterocycles. The van der Waals surface area contributed by atoms with E-state index in [1.165, 1.54) is 11.3 Å². The van der Waals surface area contributed by atoms with Crippen LogP contribution in [0.25, 0.3) is 0 Å². The molecular formula is C23H27NO4S. The van der Waals surface area contributed by atoms with Crippen molar-refractivity contribution in [2.24, 2.45) is 0 Å². The molecule has 6 heteroatoms. The highest BCUT2D eigenvalue weighted by Gasteiger charge is 2.25. The minimum Gasteiger partial charge on any atom is -0.477 e. The molecule has 1 aromatic carbocycles. The van der Waals surface area contributed by atoms with Crippen LogP contribution in [0.1, 0.15) is 45.8 Å². The molecule has 3 rings (SSSR count). The number of thiophene rings is 1. The summed E-state index contributed by atoms with van der Waals surface area (Å²) in [7, 11) is 0. The molecule has 0 spiro atoms. The van der Waals surface area contributed by atoms with Crippen LogP contribution in [0.4, 0.5) is 0 Å². The number of aliphatic hydroxyl groups is 1. The minimum atomic E-state index is -0.897. The van der Waals surface area contributed by atoms with Crippen LogP contribution in [0.5, 0.6) is 0 Å². The number of likely N-dealkylation sites (tertiary alicyclic amines) is 1. The number of benzene rings is 1. The molecule has 154 valence electrons. The second-order valence-electron chi connectivity index (χ2n) is 7.36. The average molecular weight is 414 g/mol. The Morgan fingerprint density at radius 2 is 2.03 bits per heavy atom. The van der Waals surface area contributed by atoms with Gasteiger partial charge in [-0.25, -0.2) is 4.79 Å². The van der Waals surface area contributed by atoms with E-state index in [1.54, 1.807) is 6.07 Å². The maximum atomic E-state index is 12.4. The van der Waals surface area contributed by atoms with Gasteiger partial charge in [0.2, 0.25) is 5.91 Å².